The first-order chi connectivity index (χ1) is 14.7. The van der Waals surface area contributed by atoms with Crippen molar-refractivity contribution in [3.05, 3.63) is 66.3 Å². The van der Waals surface area contributed by atoms with Gasteiger partial charge in [-0.3, -0.25) is 4.99 Å². The van der Waals surface area contributed by atoms with E-state index in [1.807, 2.05) is 30.5 Å². The number of piperidine rings is 1. The summed E-state index contributed by atoms with van der Waals surface area (Å²) in [5, 5.41) is 6.82. The van der Waals surface area contributed by atoms with Gasteiger partial charge >= 0.3 is 0 Å². The molecule has 1 aromatic carbocycles. The molecule has 0 spiro atoms. The Balaban J connectivity index is 1.26. The Morgan fingerprint density at radius 2 is 1.93 bits per heavy atom. The summed E-state index contributed by atoms with van der Waals surface area (Å²) in [4.78, 5) is 15.5. The van der Waals surface area contributed by atoms with Crippen LogP contribution in [0.1, 0.15) is 24.3 Å². The number of nitrogens with one attached hydrogen (secondary N) is 2. The van der Waals surface area contributed by atoms with Gasteiger partial charge < -0.3 is 20.0 Å². The minimum atomic E-state index is 0.379. The molecule has 4 rings (SSSR count). The average Bonchev–Trinajstić information content (AvgIpc) is 3.27. The van der Waals surface area contributed by atoms with Crippen molar-refractivity contribution < 1.29 is 4.42 Å². The number of benzene rings is 1. The summed E-state index contributed by atoms with van der Waals surface area (Å²) in [5.41, 5.74) is 2.25. The van der Waals surface area contributed by atoms with Crippen molar-refractivity contribution in [3.63, 3.8) is 0 Å². The Morgan fingerprint density at radius 1 is 1.13 bits per heavy atom. The molecular formula is C23H28N6O. The van der Waals surface area contributed by atoms with Crippen molar-refractivity contribution in [3.8, 4) is 11.3 Å². The van der Waals surface area contributed by atoms with Gasteiger partial charge in [0.1, 0.15) is 5.82 Å². The molecule has 1 saturated heterocycles. The molecule has 7 nitrogen and oxygen atoms in total. The van der Waals surface area contributed by atoms with Gasteiger partial charge in [-0.1, -0.05) is 35.9 Å². The smallest absolute Gasteiger partial charge is 0.214 e. The Hall–Kier alpha value is -3.35. The summed E-state index contributed by atoms with van der Waals surface area (Å²) in [5.74, 6) is 3.23. The number of anilines is 1. The van der Waals surface area contributed by atoms with Crippen molar-refractivity contribution in [2.45, 2.75) is 32.4 Å². The molecular weight excluding hydrogens is 376 g/mol. The second-order valence-corrected chi connectivity index (χ2v) is 7.50. The second kappa shape index (κ2) is 9.43. The van der Waals surface area contributed by atoms with Crippen molar-refractivity contribution in [2.24, 2.45) is 4.99 Å². The van der Waals surface area contributed by atoms with Crippen LogP contribution in [0.15, 0.2) is 64.3 Å². The van der Waals surface area contributed by atoms with E-state index < -0.39 is 0 Å². The molecule has 2 aromatic heterocycles. The Bertz CT molecular complexity index is 959. The van der Waals surface area contributed by atoms with Gasteiger partial charge in [0.2, 0.25) is 5.89 Å². The van der Waals surface area contributed by atoms with Gasteiger partial charge in [-0.15, -0.1) is 0 Å². The number of oxazole rings is 1. The number of hydrogen-bond acceptors (Lipinski definition) is 5. The molecule has 3 heterocycles. The third-order valence-corrected chi connectivity index (χ3v) is 5.33. The molecule has 0 atom stereocenters. The zero-order valence-corrected chi connectivity index (χ0v) is 17.5. The van der Waals surface area contributed by atoms with E-state index in [2.05, 4.69) is 55.6 Å². The quantitative estimate of drug-likeness (QED) is 0.501. The normalized spacial score (nSPS) is 15.3. The monoisotopic (exact) mass is 404 g/mol. The maximum absolute atomic E-state index is 5.89. The van der Waals surface area contributed by atoms with Crippen molar-refractivity contribution in [1.82, 2.24) is 20.6 Å². The van der Waals surface area contributed by atoms with E-state index >= 15 is 0 Å². The first-order valence-electron chi connectivity index (χ1n) is 10.4. The topological polar surface area (TPSA) is 78.6 Å². The fraction of sp³-hybridized carbons (Fsp3) is 0.348. The summed E-state index contributed by atoms with van der Waals surface area (Å²) < 4.78 is 5.89. The van der Waals surface area contributed by atoms with Crippen LogP contribution in [0.5, 0.6) is 0 Å². The lowest BCUT2D eigenvalue weighted by atomic mass is 10.1. The maximum Gasteiger partial charge on any atom is 0.214 e. The standard InChI is InChI=1S/C23H28N6O/c1-17-6-8-18(9-7-17)20-15-26-22(30-20)16-27-23(24-2)28-19-10-13-29(14-11-19)21-5-3-4-12-25-21/h3-9,12,15,19H,10-11,13-14,16H2,1-2H3,(H2,24,27,28). The summed E-state index contributed by atoms with van der Waals surface area (Å²) in [6, 6.07) is 14.7. The van der Waals surface area contributed by atoms with Crippen LogP contribution in [-0.2, 0) is 6.54 Å². The van der Waals surface area contributed by atoms with Crippen LogP contribution in [0.3, 0.4) is 0 Å². The number of aliphatic imine (C=N–C) groups is 1. The van der Waals surface area contributed by atoms with Crippen LogP contribution < -0.4 is 15.5 Å². The summed E-state index contributed by atoms with van der Waals surface area (Å²) in [7, 11) is 1.78. The second-order valence-electron chi connectivity index (χ2n) is 7.50. The van der Waals surface area contributed by atoms with Gasteiger partial charge in [-0.25, -0.2) is 9.97 Å². The number of aromatic nitrogens is 2. The first kappa shape index (κ1) is 19.9. The number of rotatable bonds is 5. The average molecular weight is 405 g/mol. The van der Waals surface area contributed by atoms with E-state index in [1.165, 1.54) is 5.56 Å². The molecule has 30 heavy (non-hydrogen) atoms. The molecule has 0 bridgehead atoms. The Labute approximate surface area is 177 Å². The molecule has 156 valence electrons. The Morgan fingerprint density at radius 3 is 2.63 bits per heavy atom. The van der Waals surface area contributed by atoms with E-state index in [0.717, 1.165) is 49.0 Å². The van der Waals surface area contributed by atoms with Gasteiger partial charge in [0.05, 0.1) is 12.7 Å². The molecule has 3 aromatic rings. The highest BCUT2D eigenvalue weighted by molar-refractivity contribution is 5.79. The highest BCUT2D eigenvalue weighted by Gasteiger charge is 2.20. The molecule has 1 fully saturated rings. The van der Waals surface area contributed by atoms with Crippen LogP contribution in [0, 0.1) is 6.92 Å². The molecule has 0 aliphatic carbocycles. The molecule has 1 aliphatic heterocycles. The van der Waals surface area contributed by atoms with E-state index in [9.17, 15) is 0 Å². The van der Waals surface area contributed by atoms with Crippen molar-refractivity contribution in [2.75, 3.05) is 25.0 Å². The van der Waals surface area contributed by atoms with Crippen molar-refractivity contribution in [1.29, 1.82) is 0 Å². The zero-order valence-electron chi connectivity index (χ0n) is 17.5. The minimum Gasteiger partial charge on any atom is -0.439 e. The highest BCUT2D eigenvalue weighted by Crippen LogP contribution is 2.21. The van der Waals surface area contributed by atoms with Crippen LogP contribution in [-0.4, -0.2) is 42.1 Å². The lowest BCUT2D eigenvalue weighted by Gasteiger charge is -2.33. The van der Waals surface area contributed by atoms with Crippen LogP contribution in [0.4, 0.5) is 5.82 Å². The third kappa shape index (κ3) is 4.97. The SMILES string of the molecule is CN=C(NCc1ncc(-c2ccc(C)cc2)o1)NC1CCN(c2ccccn2)CC1. The molecule has 0 amide bonds. The number of nitrogens with zero attached hydrogens (tertiary/aromatic N) is 4. The molecule has 0 unspecified atom stereocenters. The first-order valence-corrected chi connectivity index (χ1v) is 10.4. The molecule has 2 N–H and O–H groups in total. The van der Waals surface area contributed by atoms with E-state index in [0.29, 0.717) is 18.5 Å². The number of hydrogen-bond donors (Lipinski definition) is 2. The van der Waals surface area contributed by atoms with Crippen LogP contribution in [0.25, 0.3) is 11.3 Å². The highest BCUT2D eigenvalue weighted by atomic mass is 16.4. The molecule has 7 heteroatoms. The number of pyridine rings is 1. The van der Waals surface area contributed by atoms with E-state index in [-0.39, 0.29) is 0 Å². The lowest BCUT2D eigenvalue weighted by Crippen LogP contribution is -2.48. The fourth-order valence-corrected chi connectivity index (χ4v) is 3.58. The number of aryl methyl sites for hydroxylation is 1. The molecule has 0 radical (unpaired) electrons. The van der Waals surface area contributed by atoms with E-state index in [4.69, 9.17) is 4.42 Å². The maximum atomic E-state index is 5.89. The predicted molar refractivity (Wildman–Crippen MR) is 119 cm³/mol. The fourth-order valence-electron chi connectivity index (χ4n) is 3.58. The van der Waals surface area contributed by atoms with Crippen molar-refractivity contribution >= 4 is 11.8 Å². The van der Waals surface area contributed by atoms with Gasteiger partial charge in [0, 0.05) is 37.9 Å². The van der Waals surface area contributed by atoms with Gasteiger partial charge in [-0.2, -0.15) is 0 Å². The van der Waals surface area contributed by atoms with Crippen LogP contribution in [0.2, 0.25) is 0 Å². The third-order valence-electron chi connectivity index (χ3n) is 5.33. The molecule has 0 saturated carbocycles. The number of guanidine groups is 1. The van der Waals surface area contributed by atoms with Crippen LogP contribution >= 0.6 is 0 Å². The summed E-state index contributed by atoms with van der Waals surface area (Å²) >= 11 is 0. The lowest BCUT2D eigenvalue weighted by molar-refractivity contribution is 0.455. The largest absolute Gasteiger partial charge is 0.439 e. The summed E-state index contributed by atoms with van der Waals surface area (Å²) in [6.07, 6.45) is 5.69. The minimum absolute atomic E-state index is 0.379. The van der Waals surface area contributed by atoms with Gasteiger partial charge in [0.25, 0.3) is 0 Å². The Kier molecular flexibility index (Phi) is 6.27. The van der Waals surface area contributed by atoms with Gasteiger partial charge in [0.15, 0.2) is 11.7 Å². The zero-order chi connectivity index (χ0) is 20.8. The predicted octanol–water partition coefficient (Wildman–Crippen LogP) is 3.38. The molecule has 1 aliphatic rings. The van der Waals surface area contributed by atoms with E-state index in [1.54, 1.807) is 13.2 Å². The van der Waals surface area contributed by atoms with Gasteiger partial charge in [-0.05, 0) is 31.9 Å². The summed E-state index contributed by atoms with van der Waals surface area (Å²) in [6.45, 7) is 4.51.